The Labute approximate surface area is 395 Å². The number of alkyl halides is 2. The summed E-state index contributed by atoms with van der Waals surface area (Å²) in [5.41, 5.74) is 5.44. The van der Waals surface area contributed by atoms with Crippen molar-refractivity contribution in [2.24, 2.45) is 0 Å². The number of likely N-dealkylation sites (tertiary alicyclic amines) is 4. The van der Waals surface area contributed by atoms with Crippen LogP contribution in [-0.4, -0.2) is 107 Å². The summed E-state index contributed by atoms with van der Waals surface area (Å²) in [7, 11) is 0. The van der Waals surface area contributed by atoms with Gasteiger partial charge in [-0.05, 0) is 109 Å². The topological polar surface area (TPSA) is 109 Å². The Morgan fingerprint density at radius 1 is 0.529 bits per heavy atom. The summed E-state index contributed by atoms with van der Waals surface area (Å²) in [5, 5.41) is 6.05. The number of hydrogen-bond donors (Lipinski definition) is 2. The van der Waals surface area contributed by atoms with E-state index in [9.17, 15) is 32.3 Å². The van der Waals surface area contributed by atoms with Crippen LogP contribution in [0.4, 0.5) is 30.2 Å². The zero-order valence-corrected chi connectivity index (χ0v) is 38.1. The monoisotopic (exact) mass is 925 g/mol. The first kappa shape index (κ1) is 46.6. The highest BCUT2D eigenvalue weighted by Gasteiger charge is 2.43. The van der Waals surface area contributed by atoms with Crippen LogP contribution in [0, 0.1) is 5.82 Å². The lowest BCUT2D eigenvalue weighted by atomic mass is 10.0. The number of amides is 4. The molecular formula is C54H58F3N7O4. The van der Waals surface area contributed by atoms with Gasteiger partial charge in [-0.1, -0.05) is 84.9 Å². The van der Waals surface area contributed by atoms with Crippen molar-refractivity contribution in [2.45, 2.75) is 88.1 Å². The molecule has 68 heavy (non-hydrogen) atoms. The molecule has 4 heterocycles. The van der Waals surface area contributed by atoms with Crippen LogP contribution in [0.3, 0.4) is 0 Å². The van der Waals surface area contributed by atoms with E-state index in [1.807, 2.05) is 119 Å². The van der Waals surface area contributed by atoms with Crippen LogP contribution in [0.15, 0.2) is 133 Å². The molecule has 4 aliphatic heterocycles. The lowest BCUT2D eigenvalue weighted by Gasteiger charge is -2.33. The standard InChI is InChI=1S/C54H58F3N7O4/c55-41-19-25-46(26-20-41)62(33-37-15-21-44(22-16-37)58-51(65)47-13-7-29-63(47)53(67)49(39-9-3-1-4-10-39)60-31-27-42(56)35-60)34-38-17-23-45(24-18-38)59-52(66)48-14-8-30-64(48)54(68)50(40-11-5-2-6-12-40)61-32-28-43(57)36-61/h1-6,9-12,15-26,42-43,47-50H,7-8,13-14,27-36H2,(H,58,65)(H,59,66)/t42-,43-,47-,48-,49-,50+/m0/s1. The van der Waals surface area contributed by atoms with Gasteiger partial charge >= 0.3 is 0 Å². The Bertz CT molecular complexity index is 2370. The second-order valence-electron chi connectivity index (χ2n) is 18.5. The van der Waals surface area contributed by atoms with Crippen molar-refractivity contribution in [1.29, 1.82) is 0 Å². The van der Waals surface area contributed by atoms with Gasteiger partial charge < -0.3 is 25.3 Å². The molecule has 0 spiro atoms. The first-order chi connectivity index (χ1) is 33.1. The zero-order valence-electron chi connectivity index (χ0n) is 38.1. The summed E-state index contributed by atoms with van der Waals surface area (Å²) >= 11 is 0. The van der Waals surface area contributed by atoms with E-state index in [-0.39, 0.29) is 42.5 Å². The van der Waals surface area contributed by atoms with E-state index in [4.69, 9.17) is 0 Å². The van der Waals surface area contributed by atoms with Gasteiger partial charge in [0.25, 0.3) is 0 Å². The molecule has 0 radical (unpaired) electrons. The minimum absolute atomic E-state index is 0.180. The third-order valence-corrected chi connectivity index (χ3v) is 13.8. The van der Waals surface area contributed by atoms with Crippen molar-refractivity contribution in [2.75, 3.05) is 54.8 Å². The van der Waals surface area contributed by atoms with Crippen molar-refractivity contribution in [3.05, 3.63) is 162 Å². The molecule has 0 saturated carbocycles. The maximum atomic E-state index is 14.4. The maximum absolute atomic E-state index is 14.4. The predicted molar refractivity (Wildman–Crippen MR) is 256 cm³/mol. The molecule has 2 N–H and O–H groups in total. The van der Waals surface area contributed by atoms with Gasteiger partial charge in [0.15, 0.2) is 0 Å². The summed E-state index contributed by atoms with van der Waals surface area (Å²) < 4.78 is 42.8. The van der Waals surface area contributed by atoms with Gasteiger partial charge in [0, 0.05) is 69.4 Å². The Hall–Kier alpha value is -6.51. The number of halogens is 3. The van der Waals surface area contributed by atoms with Crippen molar-refractivity contribution in [3.8, 4) is 0 Å². The van der Waals surface area contributed by atoms with E-state index in [2.05, 4.69) is 15.5 Å². The SMILES string of the molecule is O=C(Nc1ccc(CN(Cc2ccc(NC(=O)[C@@H]3CCCN3C(=O)[C@@H](c3ccccc3)N3CC[C@H](F)C3)cc2)c2ccc(F)cc2)cc1)[C@@H]1CCCN1C(=O)[C@H](c1ccccc1)N1CC[C@H](F)C1. The molecule has 0 unspecified atom stereocenters. The minimum atomic E-state index is -0.991. The average molecular weight is 926 g/mol. The molecule has 4 aliphatic rings. The number of hydrogen-bond acceptors (Lipinski definition) is 7. The molecule has 0 aromatic heterocycles. The van der Waals surface area contributed by atoms with Gasteiger partial charge in [0.05, 0.1) is 0 Å². The van der Waals surface area contributed by atoms with E-state index in [0.717, 1.165) is 27.9 Å². The smallest absolute Gasteiger partial charge is 0.247 e. The normalized spacial score (nSPS) is 21.7. The van der Waals surface area contributed by atoms with E-state index in [1.165, 1.54) is 12.1 Å². The molecule has 5 aromatic rings. The predicted octanol–water partition coefficient (Wildman–Crippen LogP) is 8.46. The largest absolute Gasteiger partial charge is 0.363 e. The summed E-state index contributed by atoms with van der Waals surface area (Å²) in [5.74, 6) is -1.26. The van der Waals surface area contributed by atoms with Gasteiger partial charge in [-0.25, -0.2) is 13.2 Å². The Kier molecular flexibility index (Phi) is 14.5. The molecule has 9 rings (SSSR count). The Balaban J connectivity index is 0.832. The number of carbonyl (C=O) groups excluding carboxylic acids is 4. The molecule has 6 atom stereocenters. The van der Waals surface area contributed by atoms with E-state index < -0.39 is 36.5 Å². The number of anilines is 3. The molecule has 14 heteroatoms. The number of carbonyl (C=O) groups is 4. The fraction of sp³-hybridized carbons (Fsp3) is 0.370. The zero-order chi connectivity index (χ0) is 47.1. The number of rotatable bonds is 15. The molecule has 4 amide bonds. The highest BCUT2D eigenvalue weighted by atomic mass is 19.1. The van der Waals surface area contributed by atoms with Crippen LogP contribution >= 0.6 is 0 Å². The van der Waals surface area contributed by atoms with Crippen molar-refractivity contribution < 1.29 is 32.3 Å². The highest BCUT2D eigenvalue weighted by molar-refractivity contribution is 5.99. The van der Waals surface area contributed by atoms with Gasteiger partial charge in [-0.2, -0.15) is 0 Å². The maximum Gasteiger partial charge on any atom is 0.247 e. The Morgan fingerprint density at radius 3 is 1.32 bits per heavy atom. The fourth-order valence-electron chi connectivity index (χ4n) is 10.3. The van der Waals surface area contributed by atoms with Crippen molar-refractivity contribution >= 4 is 40.7 Å². The second-order valence-corrected chi connectivity index (χ2v) is 18.5. The van der Waals surface area contributed by atoms with E-state index >= 15 is 0 Å². The lowest BCUT2D eigenvalue weighted by molar-refractivity contribution is -0.141. The van der Waals surface area contributed by atoms with Crippen LogP contribution in [0.1, 0.15) is 72.9 Å². The van der Waals surface area contributed by atoms with E-state index in [1.54, 1.807) is 21.9 Å². The van der Waals surface area contributed by atoms with Crippen LogP contribution < -0.4 is 15.5 Å². The van der Waals surface area contributed by atoms with Gasteiger partial charge in [-0.15, -0.1) is 0 Å². The van der Waals surface area contributed by atoms with Crippen molar-refractivity contribution in [1.82, 2.24) is 19.6 Å². The number of benzene rings is 5. The van der Waals surface area contributed by atoms with Gasteiger partial charge in [0.2, 0.25) is 23.6 Å². The van der Waals surface area contributed by atoms with Crippen LogP contribution in [-0.2, 0) is 32.3 Å². The summed E-state index contributed by atoms with van der Waals surface area (Å²) in [6.45, 7) is 3.12. The van der Waals surface area contributed by atoms with Crippen LogP contribution in [0.25, 0.3) is 0 Å². The summed E-state index contributed by atoms with van der Waals surface area (Å²) in [6.07, 6.45) is 1.20. The molecule has 11 nitrogen and oxygen atoms in total. The molecule has 0 aliphatic carbocycles. The first-order valence-electron chi connectivity index (χ1n) is 23.8. The minimum Gasteiger partial charge on any atom is -0.363 e. The quantitative estimate of drug-likeness (QED) is 0.109. The van der Waals surface area contributed by atoms with Gasteiger partial charge in [-0.3, -0.25) is 29.0 Å². The second kappa shape index (κ2) is 21.2. The fourth-order valence-corrected chi connectivity index (χ4v) is 10.3. The van der Waals surface area contributed by atoms with Crippen LogP contribution in [0.5, 0.6) is 0 Å². The average Bonchev–Trinajstić information content (AvgIpc) is 4.20. The molecular weight excluding hydrogens is 868 g/mol. The third kappa shape index (κ3) is 10.8. The molecule has 4 saturated heterocycles. The Morgan fingerprint density at radius 2 is 0.941 bits per heavy atom. The highest BCUT2D eigenvalue weighted by Crippen LogP contribution is 2.34. The van der Waals surface area contributed by atoms with Gasteiger partial charge in [0.1, 0.15) is 42.3 Å². The summed E-state index contributed by atoms with van der Waals surface area (Å²) in [4.78, 5) is 65.1. The molecule has 354 valence electrons. The third-order valence-electron chi connectivity index (χ3n) is 13.8. The number of nitrogens with zero attached hydrogens (tertiary/aromatic N) is 5. The molecule has 4 fully saturated rings. The first-order valence-corrected chi connectivity index (χ1v) is 23.8. The molecule has 5 aromatic carbocycles. The van der Waals surface area contributed by atoms with Crippen LogP contribution in [0.2, 0.25) is 0 Å². The summed E-state index contributed by atoms with van der Waals surface area (Å²) in [6, 6.07) is 37.5. The lowest BCUT2D eigenvalue weighted by Crippen LogP contribution is -2.48. The van der Waals surface area contributed by atoms with Crippen molar-refractivity contribution in [3.63, 3.8) is 0 Å². The van der Waals surface area contributed by atoms with E-state index in [0.29, 0.717) is 89.2 Å². The number of nitrogens with one attached hydrogen (secondary N) is 2. The molecule has 0 bridgehead atoms.